The second kappa shape index (κ2) is 6.81. The van der Waals surface area contributed by atoms with Crippen LogP contribution in [0.1, 0.15) is 25.5 Å². The van der Waals surface area contributed by atoms with Gasteiger partial charge in [-0.15, -0.1) is 0 Å². The van der Waals surface area contributed by atoms with Crippen LogP contribution in [-0.2, 0) is 4.79 Å². The van der Waals surface area contributed by atoms with Gasteiger partial charge >= 0.3 is 6.03 Å². The summed E-state index contributed by atoms with van der Waals surface area (Å²) in [5.74, 6) is -0.917. The molecule has 0 aromatic heterocycles. The van der Waals surface area contributed by atoms with Crippen LogP contribution in [-0.4, -0.2) is 36.0 Å². The lowest BCUT2D eigenvalue weighted by molar-refractivity contribution is -0.129. The molecule has 1 saturated heterocycles. The van der Waals surface area contributed by atoms with Gasteiger partial charge in [-0.25, -0.2) is 9.18 Å². The van der Waals surface area contributed by atoms with Crippen molar-refractivity contribution in [2.75, 3.05) is 13.1 Å². The number of amides is 3. The van der Waals surface area contributed by atoms with E-state index in [1.54, 1.807) is 13.8 Å². The molecule has 2 rings (SSSR count). The average Bonchev–Trinajstić information content (AvgIpc) is 2.87. The van der Waals surface area contributed by atoms with Gasteiger partial charge in [-0.05, 0) is 31.5 Å². The standard InChI is InChI=1S/C14H16Cl2FN3O2/c1-7(9-5-12(17)11(16)6-10(9)15)19-8(2)13(21)20-4-3-18-14(20)22/h5-8,19H,3-4H2,1-2H3,(H,18,22)/t7-,8-/m1/s1. The summed E-state index contributed by atoms with van der Waals surface area (Å²) >= 11 is 11.7. The van der Waals surface area contributed by atoms with Crippen LogP contribution in [0.3, 0.4) is 0 Å². The van der Waals surface area contributed by atoms with Gasteiger partial charge in [0.25, 0.3) is 0 Å². The minimum Gasteiger partial charge on any atom is -0.336 e. The van der Waals surface area contributed by atoms with Gasteiger partial charge in [0, 0.05) is 24.2 Å². The Balaban J connectivity index is 2.08. The van der Waals surface area contributed by atoms with E-state index in [0.717, 1.165) is 4.90 Å². The first-order chi connectivity index (χ1) is 10.3. The molecule has 2 N–H and O–H groups in total. The van der Waals surface area contributed by atoms with E-state index in [4.69, 9.17) is 23.2 Å². The van der Waals surface area contributed by atoms with Gasteiger partial charge in [-0.2, -0.15) is 0 Å². The van der Waals surface area contributed by atoms with E-state index in [9.17, 15) is 14.0 Å². The maximum atomic E-state index is 13.6. The number of benzene rings is 1. The molecule has 0 saturated carbocycles. The van der Waals surface area contributed by atoms with E-state index in [-0.39, 0.29) is 17.0 Å². The summed E-state index contributed by atoms with van der Waals surface area (Å²) in [7, 11) is 0. The van der Waals surface area contributed by atoms with Crippen molar-refractivity contribution in [3.05, 3.63) is 33.6 Å². The lowest BCUT2D eigenvalue weighted by atomic mass is 10.1. The van der Waals surface area contributed by atoms with Crippen LogP contribution >= 0.6 is 23.2 Å². The molecule has 0 bridgehead atoms. The second-order valence-electron chi connectivity index (χ2n) is 5.12. The van der Waals surface area contributed by atoms with Gasteiger partial charge in [-0.3, -0.25) is 15.0 Å². The summed E-state index contributed by atoms with van der Waals surface area (Å²) in [6, 6.07) is 1.16. The monoisotopic (exact) mass is 347 g/mol. The first-order valence-electron chi connectivity index (χ1n) is 6.81. The Morgan fingerprint density at radius 2 is 2.05 bits per heavy atom. The number of hydrogen-bond donors (Lipinski definition) is 2. The Morgan fingerprint density at radius 1 is 1.36 bits per heavy atom. The highest BCUT2D eigenvalue weighted by atomic mass is 35.5. The maximum Gasteiger partial charge on any atom is 0.324 e. The quantitative estimate of drug-likeness (QED) is 0.823. The highest BCUT2D eigenvalue weighted by molar-refractivity contribution is 6.35. The third-order valence-electron chi connectivity index (χ3n) is 3.50. The Morgan fingerprint density at radius 3 is 2.64 bits per heavy atom. The number of rotatable bonds is 4. The summed E-state index contributed by atoms with van der Waals surface area (Å²) in [5.41, 5.74) is 0.495. The molecule has 120 valence electrons. The number of nitrogens with one attached hydrogen (secondary N) is 2. The molecule has 1 aliphatic rings. The molecule has 0 spiro atoms. The van der Waals surface area contributed by atoms with Gasteiger partial charge in [-0.1, -0.05) is 23.2 Å². The SMILES string of the molecule is C[C@@H](N[C@H](C)c1cc(F)c(Cl)cc1Cl)C(=O)N1CCNC1=O. The Bertz CT molecular complexity index is 612. The molecular weight excluding hydrogens is 332 g/mol. The highest BCUT2D eigenvalue weighted by Crippen LogP contribution is 2.28. The molecule has 8 heteroatoms. The zero-order chi connectivity index (χ0) is 16.4. The first-order valence-corrected chi connectivity index (χ1v) is 7.56. The normalized spacial score (nSPS) is 17.3. The van der Waals surface area contributed by atoms with Crippen molar-refractivity contribution in [2.45, 2.75) is 25.9 Å². The van der Waals surface area contributed by atoms with Crippen molar-refractivity contribution in [2.24, 2.45) is 0 Å². The zero-order valence-electron chi connectivity index (χ0n) is 12.1. The van der Waals surface area contributed by atoms with E-state index in [0.29, 0.717) is 23.7 Å². The largest absolute Gasteiger partial charge is 0.336 e. The van der Waals surface area contributed by atoms with Gasteiger partial charge in [0.15, 0.2) is 0 Å². The maximum absolute atomic E-state index is 13.6. The van der Waals surface area contributed by atoms with E-state index < -0.39 is 17.9 Å². The Kier molecular flexibility index (Phi) is 5.26. The minimum absolute atomic E-state index is 0.0567. The smallest absolute Gasteiger partial charge is 0.324 e. The van der Waals surface area contributed by atoms with Crippen LogP contribution in [0.25, 0.3) is 0 Å². The molecule has 0 unspecified atom stereocenters. The number of hydrogen-bond acceptors (Lipinski definition) is 3. The molecule has 1 aromatic carbocycles. The van der Waals surface area contributed by atoms with Crippen molar-refractivity contribution >= 4 is 35.1 Å². The summed E-state index contributed by atoms with van der Waals surface area (Å²) in [5, 5.41) is 5.84. The topological polar surface area (TPSA) is 61.4 Å². The molecule has 5 nitrogen and oxygen atoms in total. The second-order valence-corrected chi connectivity index (χ2v) is 5.93. The molecule has 0 aliphatic carbocycles. The number of carbonyl (C=O) groups is 2. The highest BCUT2D eigenvalue weighted by Gasteiger charge is 2.30. The Hall–Kier alpha value is -1.37. The number of carbonyl (C=O) groups excluding carboxylic acids is 2. The third kappa shape index (κ3) is 3.51. The predicted molar refractivity (Wildman–Crippen MR) is 82.5 cm³/mol. The average molecular weight is 348 g/mol. The van der Waals surface area contributed by atoms with E-state index in [1.807, 2.05) is 0 Å². The molecule has 1 fully saturated rings. The summed E-state index contributed by atoms with van der Waals surface area (Å²) in [6.45, 7) is 4.18. The predicted octanol–water partition coefficient (Wildman–Crippen LogP) is 2.72. The molecule has 2 atom stereocenters. The van der Waals surface area contributed by atoms with Crippen LogP contribution in [0.4, 0.5) is 9.18 Å². The fourth-order valence-electron chi connectivity index (χ4n) is 2.32. The fourth-order valence-corrected chi connectivity index (χ4v) is 2.87. The van der Waals surface area contributed by atoms with Crippen molar-refractivity contribution in [1.82, 2.24) is 15.5 Å². The summed E-state index contributed by atoms with van der Waals surface area (Å²) in [4.78, 5) is 24.8. The molecular formula is C14H16Cl2FN3O2. The molecule has 1 heterocycles. The van der Waals surface area contributed by atoms with Crippen LogP contribution in [0.2, 0.25) is 10.0 Å². The van der Waals surface area contributed by atoms with E-state index in [1.165, 1.54) is 12.1 Å². The van der Waals surface area contributed by atoms with Gasteiger partial charge in [0.1, 0.15) is 5.82 Å². The number of imide groups is 1. The lowest BCUT2D eigenvalue weighted by Gasteiger charge is -2.23. The lowest BCUT2D eigenvalue weighted by Crippen LogP contribution is -2.46. The van der Waals surface area contributed by atoms with E-state index >= 15 is 0 Å². The minimum atomic E-state index is -0.617. The van der Waals surface area contributed by atoms with Crippen molar-refractivity contribution in [3.8, 4) is 0 Å². The fraction of sp³-hybridized carbons (Fsp3) is 0.429. The van der Waals surface area contributed by atoms with Crippen LogP contribution < -0.4 is 10.6 Å². The van der Waals surface area contributed by atoms with Crippen LogP contribution in [0.5, 0.6) is 0 Å². The zero-order valence-corrected chi connectivity index (χ0v) is 13.6. The van der Waals surface area contributed by atoms with E-state index in [2.05, 4.69) is 10.6 Å². The summed E-state index contributed by atoms with van der Waals surface area (Å²) in [6.07, 6.45) is 0. The molecule has 0 radical (unpaired) electrons. The number of halogens is 3. The number of urea groups is 1. The van der Waals surface area contributed by atoms with Crippen LogP contribution in [0, 0.1) is 5.82 Å². The van der Waals surface area contributed by atoms with Gasteiger partial charge in [0.2, 0.25) is 5.91 Å². The molecule has 1 aromatic rings. The first kappa shape index (κ1) is 17.0. The van der Waals surface area contributed by atoms with Crippen molar-refractivity contribution < 1.29 is 14.0 Å². The molecule has 22 heavy (non-hydrogen) atoms. The molecule has 1 aliphatic heterocycles. The van der Waals surface area contributed by atoms with Crippen molar-refractivity contribution in [3.63, 3.8) is 0 Å². The Labute approximate surface area is 137 Å². The van der Waals surface area contributed by atoms with Crippen molar-refractivity contribution in [1.29, 1.82) is 0 Å². The van der Waals surface area contributed by atoms with Crippen LogP contribution in [0.15, 0.2) is 12.1 Å². The van der Waals surface area contributed by atoms with Gasteiger partial charge in [0.05, 0.1) is 11.1 Å². The van der Waals surface area contributed by atoms with Gasteiger partial charge < -0.3 is 5.32 Å². The third-order valence-corrected chi connectivity index (χ3v) is 4.12. The number of nitrogens with zero attached hydrogens (tertiary/aromatic N) is 1. The summed E-state index contributed by atoms with van der Waals surface area (Å²) < 4.78 is 13.6. The molecule has 3 amide bonds.